The van der Waals surface area contributed by atoms with Gasteiger partial charge in [0.1, 0.15) is 6.04 Å². The minimum Gasteiger partial charge on any atom is -0.366 e. The van der Waals surface area contributed by atoms with Gasteiger partial charge in [0.05, 0.1) is 0 Å². The molecule has 0 bridgehead atoms. The van der Waals surface area contributed by atoms with Crippen LogP contribution < -0.4 is 16.4 Å². The maximum atomic E-state index is 12.5. The van der Waals surface area contributed by atoms with Crippen LogP contribution in [-0.4, -0.2) is 17.9 Å². The number of fused-ring (bicyclic) bond motifs is 1. The van der Waals surface area contributed by atoms with Crippen molar-refractivity contribution in [3.05, 3.63) is 64.7 Å². The van der Waals surface area contributed by atoms with E-state index < -0.39 is 5.91 Å². The first-order valence-corrected chi connectivity index (χ1v) is 9.61. The summed E-state index contributed by atoms with van der Waals surface area (Å²) in [5.74, 6) is -0.542. The zero-order valence-electron chi connectivity index (χ0n) is 16.0. The highest BCUT2D eigenvalue weighted by atomic mass is 16.2. The summed E-state index contributed by atoms with van der Waals surface area (Å²) in [6, 6.07) is 13.3. The maximum Gasteiger partial charge on any atom is 0.282 e. The summed E-state index contributed by atoms with van der Waals surface area (Å²) in [4.78, 5) is 23.6. The van der Waals surface area contributed by atoms with Crippen LogP contribution in [0.15, 0.2) is 42.5 Å². The normalized spacial score (nSPS) is 15.5. The van der Waals surface area contributed by atoms with Crippen LogP contribution in [0.25, 0.3) is 0 Å². The molecule has 0 saturated carbocycles. The van der Waals surface area contributed by atoms with Crippen molar-refractivity contribution in [2.45, 2.75) is 51.6 Å². The third kappa shape index (κ3) is 4.74. The molecule has 2 amide bonds. The average Bonchev–Trinajstić information content (AvgIpc) is 2.67. The van der Waals surface area contributed by atoms with Gasteiger partial charge in [-0.2, -0.15) is 0 Å². The molecule has 5 N–H and O–H groups in total. The van der Waals surface area contributed by atoms with E-state index in [1.807, 2.05) is 6.92 Å². The molecule has 0 radical (unpaired) electrons. The second kappa shape index (κ2) is 8.35. The van der Waals surface area contributed by atoms with Gasteiger partial charge in [0, 0.05) is 16.8 Å². The molecule has 2 aromatic rings. The van der Waals surface area contributed by atoms with Gasteiger partial charge in [0.15, 0.2) is 6.04 Å². The predicted octanol–water partition coefficient (Wildman–Crippen LogP) is 2.32. The maximum absolute atomic E-state index is 12.5. The highest BCUT2D eigenvalue weighted by molar-refractivity contribution is 5.95. The van der Waals surface area contributed by atoms with E-state index in [0.29, 0.717) is 11.3 Å². The van der Waals surface area contributed by atoms with Crippen molar-refractivity contribution in [3.63, 3.8) is 0 Å². The Kier molecular flexibility index (Phi) is 5.91. The summed E-state index contributed by atoms with van der Waals surface area (Å²) in [6.45, 7) is 4.04. The van der Waals surface area contributed by atoms with E-state index in [0.717, 1.165) is 6.42 Å². The molecule has 1 aliphatic rings. The summed E-state index contributed by atoms with van der Waals surface area (Å²) in [5.41, 5.74) is 10.5. The number of anilines is 1. The lowest BCUT2D eigenvalue weighted by Crippen LogP contribution is -2.91. The molecule has 0 aromatic heterocycles. The van der Waals surface area contributed by atoms with E-state index in [9.17, 15) is 9.59 Å². The SMILES string of the molecule is C[C@H]([NH2+][C@H](C)c1ccc2c(c1)CCCC2)C(=O)Nc1ccc(C(N)=O)cc1. The number of rotatable bonds is 6. The monoisotopic (exact) mass is 366 g/mol. The third-order valence-electron chi connectivity index (χ3n) is 5.33. The number of primary amides is 1. The third-order valence-corrected chi connectivity index (χ3v) is 5.33. The molecular formula is C22H28N3O2+. The number of hydrogen-bond donors (Lipinski definition) is 3. The number of nitrogens with one attached hydrogen (secondary N) is 1. The van der Waals surface area contributed by atoms with Gasteiger partial charge < -0.3 is 16.4 Å². The number of amides is 2. The fourth-order valence-electron chi connectivity index (χ4n) is 3.64. The highest BCUT2D eigenvalue weighted by Crippen LogP contribution is 2.23. The summed E-state index contributed by atoms with van der Waals surface area (Å²) in [5, 5.41) is 4.97. The minimum absolute atomic E-state index is 0.0633. The van der Waals surface area contributed by atoms with E-state index in [1.165, 1.54) is 36.0 Å². The van der Waals surface area contributed by atoms with E-state index in [1.54, 1.807) is 24.3 Å². The molecule has 0 saturated heterocycles. The van der Waals surface area contributed by atoms with Gasteiger partial charge in [-0.3, -0.25) is 9.59 Å². The largest absolute Gasteiger partial charge is 0.366 e. The van der Waals surface area contributed by atoms with Gasteiger partial charge in [-0.15, -0.1) is 0 Å². The van der Waals surface area contributed by atoms with Crippen molar-refractivity contribution >= 4 is 17.5 Å². The van der Waals surface area contributed by atoms with Crippen molar-refractivity contribution in [3.8, 4) is 0 Å². The standard InChI is InChI=1S/C22H27N3O2/c1-14(18-8-7-16-5-3-4-6-19(16)13-18)24-15(2)22(27)25-20-11-9-17(10-12-20)21(23)26/h7-15,24H,3-6H2,1-2H3,(H2,23,26)(H,25,27)/p+1/t14-,15+/m1/s1. The fraction of sp³-hybridized carbons (Fsp3) is 0.364. The Morgan fingerprint density at radius 3 is 2.33 bits per heavy atom. The Balaban J connectivity index is 1.59. The number of hydrogen-bond acceptors (Lipinski definition) is 2. The molecule has 0 heterocycles. The Labute approximate surface area is 160 Å². The number of quaternary nitrogens is 1. The lowest BCUT2D eigenvalue weighted by molar-refractivity contribution is -0.709. The first-order chi connectivity index (χ1) is 12.9. The molecule has 3 rings (SSSR count). The molecule has 0 unspecified atom stereocenters. The van der Waals surface area contributed by atoms with Crippen LogP contribution in [0.5, 0.6) is 0 Å². The van der Waals surface area contributed by atoms with Crippen LogP contribution in [0.2, 0.25) is 0 Å². The molecule has 0 aliphatic heterocycles. The predicted molar refractivity (Wildman–Crippen MR) is 106 cm³/mol. The molecule has 2 aromatic carbocycles. The Morgan fingerprint density at radius 1 is 1.00 bits per heavy atom. The number of nitrogens with two attached hydrogens (primary N) is 2. The summed E-state index contributed by atoms with van der Waals surface area (Å²) >= 11 is 0. The van der Waals surface area contributed by atoms with Crippen LogP contribution >= 0.6 is 0 Å². The molecule has 5 nitrogen and oxygen atoms in total. The van der Waals surface area contributed by atoms with E-state index in [4.69, 9.17) is 5.73 Å². The number of carbonyl (C=O) groups is 2. The molecule has 0 spiro atoms. The van der Waals surface area contributed by atoms with Crippen molar-refractivity contribution in [1.82, 2.24) is 0 Å². The van der Waals surface area contributed by atoms with Gasteiger partial charge in [-0.05, 0) is 81.0 Å². The van der Waals surface area contributed by atoms with Crippen LogP contribution in [0, 0.1) is 0 Å². The van der Waals surface area contributed by atoms with Crippen LogP contribution in [0.1, 0.15) is 59.8 Å². The summed E-state index contributed by atoms with van der Waals surface area (Å²) in [6.07, 6.45) is 4.89. The molecule has 27 heavy (non-hydrogen) atoms. The smallest absolute Gasteiger partial charge is 0.282 e. The molecule has 0 fully saturated rings. The van der Waals surface area contributed by atoms with Crippen LogP contribution in [-0.2, 0) is 17.6 Å². The van der Waals surface area contributed by atoms with E-state index >= 15 is 0 Å². The first-order valence-electron chi connectivity index (χ1n) is 9.61. The van der Waals surface area contributed by atoms with Crippen molar-refractivity contribution in [2.75, 3.05) is 5.32 Å². The van der Waals surface area contributed by atoms with Gasteiger partial charge >= 0.3 is 0 Å². The minimum atomic E-state index is -0.478. The van der Waals surface area contributed by atoms with Crippen molar-refractivity contribution < 1.29 is 14.9 Å². The topological polar surface area (TPSA) is 88.8 Å². The Bertz CT molecular complexity index is 830. The second-order valence-corrected chi connectivity index (χ2v) is 7.44. The Hall–Kier alpha value is -2.66. The first kappa shape index (κ1) is 19.1. The molecule has 2 atom stereocenters. The van der Waals surface area contributed by atoms with Crippen molar-refractivity contribution in [1.29, 1.82) is 0 Å². The lowest BCUT2D eigenvalue weighted by Gasteiger charge is -2.20. The zero-order chi connectivity index (χ0) is 19.4. The molecule has 5 heteroatoms. The average molecular weight is 366 g/mol. The quantitative estimate of drug-likeness (QED) is 0.732. The van der Waals surface area contributed by atoms with Gasteiger partial charge in [0.25, 0.3) is 5.91 Å². The molecular weight excluding hydrogens is 338 g/mol. The number of aryl methyl sites for hydroxylation is 2. The van der Waals surface area contributed by atoms with Crippen LogP contribution in [0.3, 0.4) is 0 Å². The van der Waals surface area contributed by atoms with Crippen LogP contribution in [0.4, 0.5) is 5.69 Å². The van der Waals surface area contributed by atoms with Crippen molar-refractivity contribution in [2.24, 2.45) is 5.73 Å². The van der Waals surface area contributed by atoms with Gasteiger partial charge in [0.2, 0.25) is 5.91 Å². The fourth-order valence-corrected chi connectivity index (χ4v) is 3.64. The number of carbonyl (C=O) groups excluding carboxylic acids is 2. The highest BCUT2D eigenvalue weighted by Gasteiger charge is 2.21. The van der Waals surface area contributed by atoms with Gasteiger partial charge in [-0.25, -0.2) is 0 Å². The lowest BCUT2D eigenvalue weighted by atomic mass is 9.89. The molecule has 142 valence electrons. The second-order valence-electron chi connectivity index (χ2n) is 7.44. The number of benzene rings is 2. The summed E-state index contributed by atoms with van der Waals surface area (Å²) in [7, 11) is 0. The zero-order valence-corrected chi connectivity index (χ0v) is 16.0. The Morgan fingerprint density at radius 2 is 1.67 bits per heavy atom. The van der Waals surface area contributed by atoms with E-state index in [-0.39, 0.29) is 18.0 Å². The molecule has 1 aliphatic carbocycles. The van der Waals surface area contributed by atoms with E-state index in [2.05, 4.69) is 35.8 Å². The van der Waals surface area contributed by atoms with Gasteiger partial charge in [-0.1, -0.05) is 12.1 Å². The summed E-state index contributed by atoms with van der Waals surface area (Å²) < 4.78 is 0.